The fraction of sp³-hybridized carbons (Fsp3) is 0.273. The molecule has 0 radical (unpaired) electrons. The van der Waals surface area contributed by atoms with Gasteiger partial charge in [-0.1, -0.05) is 18.2 Å². The molecule has 4 heteroatoms. The lowest BCUT2D eigenvalue weighted by atomic mass is 9.97. The molecule has 0 bridgehead atoms. The van der Waals surface area contributed by atoms with E-state index in [1.54, 1.807) is 24.3 Å². The first-order valence-corrected chi connectivity index (χ1v) is 4.55. The van der Waals surface area contributed by atoms with Crippen molar-refractivity contribution in [3.63, 3.8) is 0 Å². The molecule has 2 rings (SSSR count). The molecule has 0 aromatic heterocycles. The third-order valence-corrected chi connectivity index (χ3v) is 2.34. The topological polar surface area (TPSA) is 52.6 Å². The molecule has 0 aliphatic carbocycles. The molecular formula is C11H10O4. The summed E-state index contributed by atoms with van der Waals surface area (Å²) in [6.07, 6.45) is 0. The van der Waals surface area contributed by atoms with Crippen LogP contribution in [0.4, 0.5) is 0 Å². The van der Waals surface area contributed by atoms with Crippen LogP contribution in [0, 0.1) is 0 Å². The minimum absolute atomic E-state index is 0.450. The van der Waals surface area contributed by atoms with E-state index in [0.717, 1.165) is 0 Å². The Hall–Kier alpha value is -1.84. The summed E-state index contributed by atoms with van der Waals surface area (Å²) in [6.45, 7) is 2.79. The van der Waals surface area contributed by atoms with Crippen molar-refractivity contribution in [2.75, 3.05) is 0 Å². The van der Waals surface area contributed by atoms with Crippen LogP contribution in [0.1, 0.15) is 19.4 Å². The van der Waals surface area contributed by atoms with E-state index in [4.69, 9.17) is 9.47 Å². The van der Waals surface area contributed by atoms with E-state index in [9.17, 15) is 9.59 Å². The van der Waals surface area contributed by atoms with E-state index >= 15 is 0 Å². The van der Waals surface area contributed by atoms with Gasteiger partial charge in [-0.05, 0) is 13.0 Å². The van der Waals surface area contributed by atoms with Crippen LogP contribution < -0.4 is 4.74 Å². The van der Waals surface area contributed by atoms with Gasteiger partial charge in [0, 0.05) is 12.5 Å². The predicted octanol–water partition coefficient (Wildman–Crippen LogP) is 1.38. The van der Waals surface area contributed by atoms with Crippen LogP contribution in [0.2, 0.25) is 0 Å². The van der Waals surface area contributed by atoms with Gasteiger partial charge in [0.1, 0.15) is 5.75 Å². The molecule has 1 aromatic rings. The molecule has 4 nitrogen and oxygen atoms in total. The SMILES string of the molecule is CC(=O)OC1(C)C(=O)Oc2ccccc21. The lowest BCUT2D eigenvalue weighted by Gasteiger charge is -2.19. The first kappa shape index (κ1) is 9.71. The van der Waals surface area contributed by atoms with Crippen molar-refractivity contribution >= 4 is 11.9 Å². The van der Waals surface area contributed by atoms with E-state index in [1.807, 2.05) is 0 Å². The summed E-state index contributed by atoms with van der Waals surface area (Å²) in [5.41, 5.74) is -0.715. The lowest BCUT2D eigenvalue weighted by molar-refractivity contribution is -0.170. The summed E-state index contributed by atoms with van der Waals surface area (Å²) in [5, 5.41) is 0. The molecule has 0 spiro atoms. The zero-order chi connectivity index (χ0) is 11.1. The first-order chi connectivity index (χ1) is 7.04. The molecule has 0 N–H and O–H groups in total. The molecule has 0 saturated carbocycles. The van der Waals surface area contributed by atoms with Gasteiger partial charge in [-0.15, -0.1) is 0 Å². The van der Waals surface area contributed by atoms with Gasteiger partial charge in [-0.25, -0.2) is 4.79 Å². The Kier molecular flexibility index (Phi) is 2.00. The van der Waals surface area contributed by atoms with Crippen LogP contribution in [0.15, 0.2) is 24.3 Å². The highest BCUT2D eigenvalue weighted by Crippen LogP contribution is 2.40. The number of rotatable bonds is 1. The molecule has 15 heavy (non-hydrogen) atoms. The second-order valence-electron chi connectivity index (χ2n) is 3.51. The normalized spacial score (nSPS) is 23.2. The van der Waals surface area contributed by atoms with Gasteiger partial charge in [0.2, 0.25) is 5.60 Å². The van der Waals surface area contributed by atoms with Crippen molar-refractivity contribution in [3.8, 4) is 5.75 Å². The number of ether oxygens (including phenoxy) is 2. The summed E-state index contributed by atoms with van der Waals surface area (Å²) < 4.78 is 10.0. The van der Waals surface area contributed by atoms with Crippen molar-refractivity contribution in [1.82, 2.24) is 0 Å². The maximum absolute atomic E-state index is 11.6. The highest BCUT2D eigenvalue weighted by molar-refractivity contribution is 5.90. The lowest BCUT2D eigenvalue weighted by Crippen LogP contribution is -2.34. The van der Waals surface area contributed by atoms with Crippen molar-refractivity contribution in [2.45, 2.75) is 19.4 Å². The Bertz CT molecular complexity index is 438. The Morgan fingerprint density at radius 3 is 2.73 bits per heavy atom. The minimum Gasteiger partial charge on any atom is -0.442 e. The standard InChI is InChI=1S/C11H10O4/c1-7(12)15-11(2)8-5-3-4-6-9(8)14-10(11)13/h3-6H,1-2H3. The van der Waals surface area contributed by atoms with Gasteiger partial charge in [-0.2, -0.15) is 0 Å². The van der Waals surface area contributed by atoms with Gasteiger partial charge >= 0.3 is 11.9 Å². The molecule has 0 amide bonds. The minimum atomic E-state index is -1.30. The summed E-state index contributed by atoms with van der Waals surface area (Å²) in [7, 11) is 0. The monoisotopic (exact) mass is 206 g/mol. The van der Waals surface area contributed by atoms with Crippen LogP contribution in [0.5, 0.6) is 5.75 Å². The number of para-hydroxylation sites is 1. The van der Waals surface area contributed by atoms with Crippen molar-refractivity contribution in [1.29, 1.82) is 0 Å². The average Bonchev–Trinajstić information content (AvgIpc) is 2.39. The fourth-order valence-electron chi connectivity index (χ4n) is 1.64. The number of carbonyl (C=O) groups is 2. The molecule has 1 heterocycles. The Labute approximate surface area is 86.8 Å². The molecule has 1 aliphatic rings. The van der Waals surface area contributed by atoms with Crippen LogP contribution in [-0.4, -0.2) is 11.9 Å². The van der Waals surface area contributed by atoms with E-state index in [1.165, 1.54) is 13.8 Å². The summed E-state index contributed by atoms with van der Waals surface area (Å²) >= 11 is 0. The number of hydrogen-bond acceptors (Lipinski definition) is 4. The Morgan fingerprint density at radius 2 is 2.07 bits per heavy atom. The van der Waals surface area contributed by atoms with Crippen LogP contribution in [0.3, 0.4) is 0 Å². The van der Waals surface area contributed by atoms with Crippen molar-refractivity contribution in [3.05, 3.63) is 29.8 Å². The van der Waals surface area contributed by atoms with Gasteiger partial charge in [0.05, 0.1) is 0 Å². The number of fused-ring (bicyclic) bond motifs is 1. The van der Waals surface area contributed by atoms with E-state index in [-0.39, 0.29) is 0 Å². The summed E-state index contributed by atoms with van der Waals surface area (Å²) in [6, 6.07) is 6.90. The van der Waals surface area contributed by atoms with Gasteiger partial charge in [0.25, 0.3) is 0 Å². The molecular weight excluding hydrogens is 196 g/mol. The fourth-order valence-corrected chi connectivity index (χ4v) is 1.64. The molecule has 1 aliphatic heterocycles. The van der Waals surface area contributed by atoms with Gasteiger partial charge in [-0.3, -0.25) is 4.79 Å². The average molecular weight is 206 g/mol. The molecule has 1 unspecified atom stereocenters. The third kappa shape index (κ3) is 1.38. The maximum atomic E-state index is 11.6. The molecule has 0 saturated heterocycles. The molecule has 1 aromatic carbocycles. The number of esters is 2. The van der Waals surface area contributed by atoms with E-state index < -0.39 is 17.5 Å². The van der Waals surface area contributed by atoms with Gasteiger partial charge in [0.15, 0.2) is 0 Å². The quantitative estimate of drug-likeness (QED) is 0.514. The van der Waals surface area contributed by atoms with Crippen LogP contribution >= 0.6 is 0 Å². The largest absolute Gasteiger partial charge is 0.442 e. The third-order valence-electron chi connectivity index (χ3n) is 2.34. The van der Waals surface area contributed by atoms with Crippen molar-refractivity contribution < 1.29 is 19.1 Å². The molecule has 0 fully saturated rings. The second-order valence-corrected chi connectivity index (χ2v) is 3.51. The number of hydrogen-bond donors (Lipinski definition) is 0. The van der Waals surface area contributed by atoms with E-state index in [2.05, 4.69) is 0 Å². The predicted molar refractivity (Wildman–Crippen MR) is 51.2 cm³/mol. The van der Waals surface area contributed by atoms with Gasteiger partial charge < -0.3 is 9.47 Å². The smallest absolute Gasteiger partial charge is 0.360 e. The number of benzene rings is 1. The highest BCUT2D eigenvalue weighted by atomic mass is 16.6. The number of carbonyl (C=O) groups excluding carboxylic acids is 2. The van der Waals surface area contributed by atoms with Crippen molar-refractivity contribution in [2.24, 2.45) is 0 Å². The first-order valence-electron chi connectivity index (χ1n) is 4.55. The summed E-state index contributed by atoms with van der Waals surface area (Å²) in [4.78, 5) is 22.5. The molecule has 78 valence electrons. The zero-order valence-electron chi connectivity index (χ0n) is 8.44. The second kappa shape index (κ2) is 3.08. The highest BCUT2D eigenvalue weighted by Gasteiger charge is 2.48. The van der Waals surface area contributed by atoms with Crippen LogP contribution in [-0.2, 0) is 19.9 Å². The van der Waals surface area contributed by atoms with Crippen LogP contribution in [0.25, 0.3) is 0 Å². The maximum Gasteiger partial charge on any atom is 0.360 e. The molecule has 1 atom stereocenters. The summed E-state index contributed by atoms with van der Waals surface area (Å²) in [5.74, 6) is -0.615. The Morgan fingerprint density at radius 1 is 1.40 bits per heavy atom. The van der Waals surface area contributed by atoms with E-state index in [0.29, 0.717) is 11.3 Å². The Balaban J connectivity index is 2.49. The zero-order valence-corrected chi connectivity index (χ0v) is 8.44.